The van der Waals surface area contributed by atoms with Gasteiger partial charge >= 0.3 is 0 Å². The van der Waals surface area contributed by atoms with Crippen molar-refractivity contribution >= 4 is 22.5 Å². The highest BCUT2D eigenvalue weighted by Crippen LogP contribution is 2.32. The van der Waals surface area contributed by atoms with Crippen LogP contribution in [0.3, 0.4) is 0 Å². The summed E-state index contributed by atoms with van der Waals surface area (Å²) in [6, 6.07) is 16.5. The Morgan fingerprint density at radius 2 is 1.76 bits per heavy atom. The zero-order chi connectivity index (χ0) is 15.0. The number of hydrogen-bond donors (Lipinski definition) is 0. The summed E-state index contributed by atoms with van der Waals surface area (Å²) in [5.74, 6) is 0. The van der Waals surface area contributed by atoms with E-state index in [0.29, 0.717) is 17.3 Å². The molecule has 3 rings (SSSR count). The maximum Gasteiger partial charge on any atom is 0.128 e. The van der Waals surface area contributed by atoms with Gasteiger partial charge in [0.05, 0.1) is 11.1 Å². The van der Waals surface area contributed by atoms with Crippen LogP contribution in [-0.4, -0.2) is 4.57 Å². The van der Waals surface area contributed by atoms with E-state index >= 15 is 0 Å². The Morgan fingerprint density at radius 3 is 2.43 bits per heavy atom. The first kappa shape index (κ1) is 13.7. The van der Waals surface area contributed by atoms with E-state index in [1.807, 2.05) is 22.8 Å². The van der Waals surface area contributed by atoms with Crippen molar-refractivity contribution < 1.29 is 0 Å². The molecule has 0 fully saturated rings. The van der Waals surface area contributed by atoms with Crippen molar-refractivity contribution in [3.8, 4) is 6.07 Å². The minimum Gasteiger partial charge on any atom is -0.326 e. The summed E-state index contributed by atoms with van der Waals surface area (Å²) in [7, 11) is 0. The number of halogens is 1. The Morgan fingerprint density at radius 1 is 1.10 bits per heavy atom. The van der Waals surface area contributed by atoms with Crippen LogP contribution in [0.4, 0.5) is 0 Å². The second kappa shape index (κ2) is 5.27. The van der Waals surface area contributed by atoms with Gasteiger partial charge in [-0.15, -0.1) is 0 Å². The van der Waals surface area contributed by atoms with Gasteiger partial charge in [-0.2, -0.15) is 5.26 Å². The number of nitrogens with zero attached hydrogens (tertiary/aromatic N) is 2. The van der Waals surface area contributed by atoms with Crippen LogP contribution in [-0.2, 0) is 6.54 Å². The first-order valence-electron chi connectivity index (χ1n) is 6.84. The molecule has 0 atom stereocenters. The van der Waals surface area contributed by atoms with Gasteiger partial charge in [0.2, 0.25) is 0 Å². The highest BCUT2D eigenvalue weighted by molar-refractivity contribution is 6.32. The number of rotatable bonds is 2. The molecule has 0 N–H and O–H groups in total. The summed E-state index contributed by atoms with van der Waals surface area (Å²) in [5.41, 5.74) is 5.12. The SMILES string of the molecule is Cc1cc2c(C#N)c(Cl)n(Cc3ccccc3)c2cc1C. The van der Waals surface area contributed by atoms with Crippen LogP contribution >= 0.6 is 11.6 Å². The van der Waals surface area contributed by atoms with Gasteiger partial charge < -0.3 is 4.57 Å². The van der Waals surface area contributed by atoms with Gasteiger partial charge in [0.15, 0.2) is 0 Å². The van der Waals surface area contributed by atoms with Crippen molar-refractivity contribution in [2.75, 3.05) is 0 Å². The number of hydrogen-bond acceptors (Lipinski definition) is 1. The van der Waals surface area contributed by atoms with Gasteiger partial charge in [0, 0.05) is 11.9 Å². The molecule has 1 aromatic heterocycles. The minimum atomic E-state index is 0.515. The number of aromatic nitrogens is 1. The molecule has 0 aliphatic rings. The molecule has 0 bridgehead atoms. The molecule has 0 saturated heterocycles. The van der Waals surface area contributed by atoms with E-state index in [1.165, 1.54) is 16.7 Å². The highest BCUT2D eigenvalue weighted by Gasteiger charge is 2.16. The number of fused-ring (bicyclic) bond motifs is 1. The van der Waals surface area contributed by atoms with Crippen molar-refractivity contribution in [1.82, 2.24) is 4.57 Å². The van der Waals surface area contributed by atoms with E-state index < -0.39 is 0 Å². The lowest BCUT2D eigenvalue weighted by atomic mass is 10.1. The van der Waals surface area contributed by atoms with Crippen molar-refractivity contribution in [3.05, 3.63) is 69.9 Å². The normalized spacial score (nSPS) is 10.8. The number of aryl methyl sites for hydroxylation is 2. The van der Waals surface area contributed by atoms with Gasteiger partial charge in [-0.1, -0.05) is 41.9 Å². The summed E-state index contributed by atoms with van der Waals surface area (Å²) in [6.45, 7) is 4.80. The van der Waals surface area contributed by atoms with Crippen LogP contribution in [0.1, 0.15) is 22.3 Å². The fourth-order valence-corrected chi connectivity index (χ4v) is 2.90. The van der Waals surface area contributed by atoms with E-state index in [-0.39, 0.29) is 0 Å². The Kier molecular flexibility index (Phi) is 3.45. The summed E-state index contributed by atoms with van der Waals surface area (Å²) in [6.07, 6.45) is 0. The first-order valence-corrected chi connectivity index (χ1v) is 7.22. The van der Waals surface area contributed by atoms with Crippen molar-refractivity contribution in [2.24, 2.45) is 0 Å². The summed E-state index contributed by atoms with van der Waals surface area (Å²) in [5, 5.41) is 10.9. The van der Waals surface area contributed by atoms with Gasteiger partial charge in [0.1, 0.15) is 11.2 Å². The Hall–Kier alpha value is -2.24. The molecule has 104 valence electrons. The summed E-state index contributed by atoms with van der Waals surface area (Å²) >= 11 is 6.45. The van der Waals surface area contributed by atoms with Crippen LogP contribution < -0.4 is 0 Å². The lowest BCUT2D eigenvalue weighted by molar-refractivity contribution is 0.836. The van der Waals surface area contributed by atoms with Crippen LogP contribution in [0.15, 0.2) is 42.5 Å². The Balaban J connectivity index is 2.25. The molecule has 0 unspecified atom stereocenters. The van der Waals surface area contributed by atoms with Gasteiger partial charge in [-0.3, -0.25) is 0 Å². The molecular weight excluding hydrogens is 280 g/mol. The second-order valence-electron chi connectivity index (χ2n) is 5.30. The van der Waals surface area contributed by atoms with Crippen molar-refractivity contribution in [1.29, 1.82) is 5.26 Å². The first-order chi connectivity index (χ1) is 10.1. The van der Waals surface area contributed by atoms with Gasteiger partial charge in [0.25, 0.3) is 0 Å². The lowest BCUT2D eigenvalue weighted by Crippen LogP contribution is -1.99. The average molecular weight is 295 g/mol. The minimum absolute atomic E-state index is 0.515. The standard InChI is InChI=1S/C18H15ClN2/c1-12-8-15-16(10-20)18(19)21(17(15)9-13(12)2)11-14-6-4-3-5-7-14/h3-9H,11H2,1-2H3. The van der Waals surface area contributed by atoms with Crippen LogP contribution in [0.5, 0.6) is 0 Å². The molecule has 3 aromatic rings. The number of benzene rings is 2. The van der Waals surface area contributed by atoms with Crippen molar-refractivity contribution in [3.63, 3.8) is 0 Å². The molecular formula is C18H15ClN2. The highest BCUT2D eigenvalue weighted by atomic mass is 35.5. The van der Waals surface area contributed by atoms with E-state index in [2.05, 4.69) is 44.2 Å². The molecule has 0 aliphatic heterocycles. The molecule has 2 nitrogen and oxygen atoms in total. The third-order valence-electron chi connectivity index (χ3n) is 3.91. The molecule has 0 aliphatic carbocycles. The fourth-order valence-electron chi connectivity index (χ4n) is 2.60. The third-order valence-corrected chi connectivity index (χ3v) is 4.30. The smallest absolute Gasteiger partial charge is 0.128 e. The van der Waals surface area contributed by atoms with Gasteiger partial charge in [-0.25, -0.2) is 0 Å². The van der Waals surface area contributed by atoms with Gasteiger partial charge in [-0.05, 0) is 42.7 Å². The molecule has 0 radical (unpaired) electrons. The quantitative estimate of drug-likeness (QED) is 0.665. The van der Waals surface area contributed by atoms with Crippen LogP contribution in [0, 0.1) is 25.2 Å². The van der Waals surface area contributed by atoms with E-state index in [4.69, 9.17) is 11.6 Å². The van der Waals surface area contributed by atoms with E-state index in [9.17, 15) is 5.26 Å². The predicted molar refractivity (Wildman–Crippen MR) is 86.7 cm³/mol. The summed E-state index contributed by atoms with van der Waals surface area (Å²) in [4.78, 5) is 0. The fraction of sp³-hybridized carbons (Fsp3) is 0.167. The monoisotopic (exact) mass is 294 g/mol. The molecule has 2 aromatic carbocycles. The maximum absolute atomic E-state index is 9.41. The van der Waals surface area contributed by atoms with Crippen LogP contribution in [0.25, 0.3) is 10.9 Å². The predicted octanol–water partition coefficient (Wildman–Crippen LogP) is 4.83. The maximum atomic E-state index is 9.41. The number of nitriles is 1. The van der Waals surface area contributed by atoms with Crippen molar-refractivity contribution in [2.45, 2.75) is 20.4 Å². The molecule has 21 heavy (non-hydrogen) atoms. The third kappa shape index (κ3) is 2.30. The Labute approximate surface area is 129 Å². The average Bonchev–Trinajstić information content (AvgIpc) is 2.73. The zero-order valence-electron chi connectivity index (χ0n) is 12.0. The topological polar surface area (TPSA) is 28.7 Å². The largest absolute Gasteiger partial charge is 0.326 e. The Bertz CT molecular complexity index is 855. The second-order valence-corrected chi connectivity index (χ2v) is 5.66. The molecule has 0 saturated carbocycles. The zero-order valence-corrected chi connectivity index (χ0v) is 12.8. The lowest BCUT2D eigenvalue weighted by Gasteiger charge is -2.08. The van der Waals surface area contributed by atoms with E-state index in [1.54, 1.807) is 0 Å². The molecule has 1 heterocycles. The molecule has 0 spiro atoms. The molecule has 3 heteroatoms. The van der Waals surface area contributed by atoms with Crippen LogP contribution in [0.2, 0.25) is 5.15 Å². The van der Waals surface area contributed by atoms with E-state index in [0.717, 1.165) is 10.9 Å². The summed E-state index contributed by atoms with van der Waals surface area (Å²) < 4.78 is 2.01. The molecule has 0 amide bonds.